The van der Waals surface area contributed by atoms with Gasteiger partial charge < -0.3 is 10.2 Å². The first-order valence-corrected chi connectivity index (χ1v) is 14.2. The maximum Gasteiger partial charge on any atom is 0.291 e. The zero-order valence-electron chi connectivity index (χ0n) is 23.1. The monoisotopic (exact) mass is 539 g/mol. The molecule has 3 fully saturated rings. The first-order valence-electron chi connectivity index (χ1n) is 14.2. The Morgan fingerprint density at radius 1 is 1.00 bits per heavy atom. The van der Waals surface area contributed by atoms with Gasteiger partial charge in [-0.1, -0.05) is 30.3 Å². The van der Waals surface area contributed by atoms with Gasteiger partial charge in [-0.05, 0) is 63.5 Å². The Hall–Kier alpha value is -2.94. The Kier molecular flexibility index (Phi) is 7.99. The van der Waals surface area contributed by atoms with Crippen LogP contribution in [0.25, 0.3) is 0 Å². The zero-order chi connectivity index (χ0) is 27.7. The number of nitrogens with one attached hydrogen (secondary N) is 1. The minimum absolute atomic E-state index is 0.0943. The summed E-state index contributed by atoms with van der Waals surface area (Å²) in [6.07, 6.45) is 0.755. The van der Waals surface area contributed by atoms with Crippen LogP contribution in [0.5, 0.6) is 0 Å². The van der Waals surface area contributed by atoms with Crippen molar-refractivity contribution in [3.63, 3.8) is 0 Å². The second-order valence-electron chi connectivity index (χ2n) is 11.8. The van der Waals surface area contributed by atoms with E-state index >= 15 is 0 Å². The predicted octanol–water partition coefficient (Wildman–Crippen LogP) is 4.56. The molecule has 39 heavy (non-hydrogen) atoms. The summed E-state index contributed by atoms with van der Waals surface area (Å²) in [7, 11) is 0. The quantitative estimate of drug-likeness (QED) is 0.558. The van der Waals surface area contributed by atoms with Crippen LogP contribution in [0.3, 0.4) is 0 Å². The lowest BCUT2D eigenvalue weighted by Gasteiger charge is -2.32. The van der Waals surface area contributed by atoms with Crippen LogP contribution in [-0.4, -0.2) is 69.7 Å². The number of carbonyl (C=O) groups is 2. The van der Waals surface area contributed by atoms with Gasteiger partial charge in [0.05, 0.1) is 6.04 Å². The maximum absolute atomic E-state index is 13.6. The number of halogens is 2. The summed E-state index contributed by atoms with van der Waals surface area (Å²) in [4.78, 5) is 39.2. The summed E-state index contributed by atoms with van der Waals surface area (Å²) in [6.45, 7) is 9.15. The Labute approximate surface area is 229 Å². The second-order valence-corrected chi connectivity index (χ2v) is 11.8. The van der Waals surface area contributed by atoms with Crippen LogP contribution in [0.2, 0.25) is 0 Å². The number of nitrogens with zero attached hydrogens (tertiary/aromatic N) is 4. The maximum atomic E-state index is 13.6. The van der Waals surface area contributed by atoms with E-state index in [-0.39, 0.29) is 61.3 Å². The highest BCUT2D eigenvalue weighted by atomic mass is 19.3. The number of fused-ring (bicyclic) bond motifs is 1. The number of aryl methyl sites for hydroxylation is 2. The lowest BCUT2D eigenvalue weighted by atomic mass is 9.85. The van der Waals surface area contributed by atoms with E-state index in [1.165, 1.54) is 0 Å². The minimum atomic E-state index is -2.65. The van der Waals surface area contributed by atoms with Gasteiger partial charge >= 0.3 is 0 Å². The molecule has 4 atom stereocenters. The molecule has 2 aromatic rings. The fourth-order valence-electron chi connectivity index (χ4n) is 6.56. The number of amides is 2. The molecule has 3 heterocycles. The van der Waals surface area contributed by atoms with E-state index in [0.29, 0.717) is 24.9 Å². The molecule has 5 rings (SSSR count). The standard InChI is InChI=1S/C30H39F2N5O2/c1-19-13-20(2)34-27(33-19)29(39)37-17-24-15-36(16-25(24)18-37)21(3)14-26(22-7-5-4-6-8-22)35-28(38)23-9-11-30(31,32)12-10-23/h4-8,13,21,23-26H,9-12,14-18H2,1-3H3,(H,35,38)/t21-,24?,25?,26?/m0/s1. The van der Waals surface area contributed by atoms with E-state index in [9.17, 15) is 18.4 Å². The van der Waals surface area contributed by atoms with Crippen LogP contribution in [-0.2, 0) is 4.79 Å². The molecule has 0 bridgehead atoms. The van der Waals surface area contributed by atoms with E-state index in [1.54, 1.807) is 0 Å². The molecule has 3 aliphatic rings. The van der Waals surface area contributed by atoms with Crippen LogP contribution in [0.1, 0.15) is 72.6 Å². The molecule has 9 heteroatoms. The van der Waals surface area contributed by atoms with Gasteiger partial charge in [0.1, 0.15) is 0 Å². The Balaban J connectivity index is 1.19. The number of hydrogen-bond donors (Lipinski definition) is 1. The molecular weight excluding hydrogens is 500 g/mol. The van der Waals surface area contributed by atoms with E-state index in [0.717, 1.165) is 36.5 Å². The summed E-state index contributed by atoms with van der Waals surface area (Å²) in [5.74, 6) is -2.14. The minimum Gasteiger partial charge on any atom is -0.349 e. The third-order valence-electron chi connectivity index (χ3n) is 8.78. The van der Waals surface area contributed by atoms with Crippen LogP contribution >= 0.6 is 0 Å². The first kappa shape index (κ1) is 27.6. The van der Waals surface area contributed by atoms with Crippen molar-refractivity contribution in [3.05, 3.63) is 59.2 Å². The van der Waals surface area contributed by atoms with Crippen LogP contribution in [0.15, 0.2) is 36.4 Å². The fourth-order valence-corrected chi connectivity index (χ4v) is 6.56. The van der Waals surface area contributed by atoms with Crippen molar-refractivity contribution < 1.29 is 18.4 Å². The zero-order valence-corrected chi connectivity index (χ0v) is 23.1. The topological polar surface area (TPSA) is 78.4 Å². The summed E-state index contributed by atoms with van der Waals surface area (Å²) >= 11 is 0. The van der Waals surface area contributed by atoms with E-state index in [4.69, 9.17) is 0 Å². The number of benzene rings is 1. The van der Waals surface area contributed by atoms with Gasteiger partial charge in [-0.25, -0.2) is 18.7 Å². The lowest BCUT2D eigenvalue weighted by Crippen LogP contribution is -2.41. The van der Waals surface area contributed by atoms with Gasteiger partial charge in [0.25, 0.3) is 5.91 Å². The van der Waals surface area contributed by atoms with Crippen molar-refractivity contribution in [3.8, 4) is 0 Å². The normalized spacial score (nSPS) is 24.8. The second kappa shape index (κ2) is 11.3. The highest BCUT2D eigenvalue weighted by molar-refractivity contribution is 5.90. The van der Waals surface area contributed by atoms with Gasteiger partial charge in [-0.15, -0.1) is 0 Å². The van der Waals surface area contributed by atoms with Crippen molar-refractivity contribution in [2.75, 3.05) is 26.2 Å². The Morgan fingerprint density at radius 2 is 1.59 bits per heavy atom. The number of carbonyl (C=O) groups excluding carboxylic acids is 2. The molecule has 210 valence electrons. The number of likely N-dealkylation sites (tertiary alicyclic amines) is 2. The third-order valence-corrected chi connectivity index (χ3v) is 8.78. The highest BCUT2D eigenvalue weighted by Gasteiger charge is 2.44. The van der Waals surface area contributed by atoms with Crippen molar-refractivity contribution in [2.24, 2.45) is 17.8 Å². The van der Waals surface area contributed by atoms with Crippen molar-refractivity contribution in [2.45, 2.75) is 70.9 Å². The fraction of sp³-hybridized carbons (Fsp3) is 0.600. The third kappa shape index (κ3) is 6.45. The number of aromatic nitrogens is 2. The predicted molar refractivity (Wildman–Crippen MR) is 144 cm³/mol. The van der Waals surface area contributed by atoms with E-state index in [1.807, 2.05) is 55.1 Å². The lowest BCUT2D eigenvalue weighted by molar-refractivity contribution is -0.130. The molecular formula is C30H39F2N5O2. The molecule has 1 aromatic heterocycles. The van der Waals surface area contributed by atoms with Crippen molar-refractivity contribution >= 4 is 11.8 Å². The summed E-state index contributed by atoms with van der Waals surface area (Å²) < 4.78 is 27.3. The van der Waals surface area contributed by atoms with Gasteiger partial charge in [-0.3, -0.25) is 14.5 Å². The van der Waals surface area contributed by atoms with Gasteiger partial charge in [0, 0.05) is 62.4 Å². The molecule has 1 aliphatic carbocycles. The largest absolute Gasteiger partial charge is 0.349 e. The van der Waals surface area contributed by atoms with Crippen LogP contribution < -0.4 is 5.32 Å². The van der Waals surface area contributed by atoms with Crippen LogP contribution in [0, 0.1) is 31.6 Å². The average molecular weight is 540 g/mol. The van der Waals surface area contributed by atoms with Gasteiger partial charge in [0.15, 0.2) is 0 Å². The summed E-state index contributed by atoms with van der Waals surface area (Å²) in [6, 6.07) is 11.8. The molecule has 7 nitrogen and oxygen atoms in total. The molecule has 1 saturated carbocycles. The number of alkyl halides is 2. The number of rotatable bonds is 7. The van der Waals surface area contributed by atoms with Crippen LogP contribution in [0.4, 0.5) is 8.78 Å². The van der Waals surface area contributed by atoms with E-state index in [2.05, 4.69) is 27.1 Å². The van der Waals surface area contributed by atoms with E-state index < -0.39 is 5.92 Å². The Morgan fingerprint density at radius 3 is 2.18 bits per heavy atom. The number of hydrogen-bond acceptors (Lipinski definition) is 5. The van der Waals surface area contributed by atoms with Gasteiger partial charge in [-0.2, -0.15) is 0 Å². The smallest absolute Gasteiger partial charge is 0.291 e. The first-order chi connectivity index (χ1) is 18.6. The van der Waals surface area contributed by atoms with Crippen molar-refractivity contribution in [1.82, 2.24) is 25.1 Å². The van der Waals surface area contributed by atoms with Crippen molar-refractivity contribution in [1.29, 1.82) is 0 Å². The molecule has 1 N–H and O–H groups in total. The average Bonchev–Trinajstić information content (AvgIpc) is 3.47. The molecule has 2 aliphatic heterocycles. The molecule has 0 radical (unpaired) electrons. The SMILES string of the molecule is Cc1cc(C)nc(C(=O)N2CC3CN([C@@H](C)CC(NC(=O)C4CCC(F)(F)CC4)c4ccccc4)CC3C2)n1. The summed E-state index contributed by atoms with van der Waals surface area (Å²) in [5, 5.41) is 3.21. The van der Waals surface area contributed by atoms with Gasteiger partial charge in [0.2, 0.25) is 17.7 Å². The molecule has 2 saturated heterocycles. The molecule has 2 amide bonds. The molecule has 1 aromatic carbocycles. The molecule has 0 spiro atoms. The Bertz CT molecular complexity index is 1150. The molecule has 3 unspecified atom stereocenters. The highest BCUT2D eigenvalue weighted by Crippen LogP contribution is 2.37. The summed E-state index contributed by atoms with van der Waals surface area (Å²) in [5.41, 5.74) is 2.63.